The molecule has 138 valence electrons. The summed E-state index contributed by atoms with van der Waals surface area (Å²) in [5.41, 5.74) is 1.61. The number of Topliss-reactive ketones (excluding diaryl/α,β-unsaturated/α-hetero) is 1. The minimum atomic E-state index is -0.453. The van der Waals surface area contributed by atoms with E-state index in [-0.39, 0.29) is 35.4 Å². The Morgan fingerprint density at radius 2 is 1.58 bits per heavy atom. The molecule has 0 saturated heterocycles. The van der Waals surface area contributed by atoms with Crippen LogP contribution in [0.1, 0.15) is 22.0 Å². The highest BCUT2D eigenvalue weighted by Crippen LogP contribution is 2.29. The third-order valence-corrected chi connectivity index (χ3v) is 4.20. The lowest BCUT2D eigenvalue weighted by atomic mass is 9.94. The van der Waals surface area contributed by atoms with Gasteiger partial charge in [-0.2, -0.15) is 0 Å². The van der Waals surface area contributed by atoms with Crippen LogP contribution in [0, 0.1) is 0 Å². The topological polar surface area (TPSA) is 43.4 Å². The van der Waals surface area contributed by atoms with Crippen LogP contribution in [-0.4, -0.2) is 43.5 Å². The maximum atomic E-state index is 13.2. The van der Waals surface area contributed by atoms with Crippen molar-refractivity contribution < 1.29 is 35.8 Å². The fourth-order valence-electron chi connectivity index (χ4n) is 2.84. The molecular formula is C21H24BrNO3. The number of ether oxygens (including phenoxy) is 1. The monoisotopic (exact) mass is 417 g/mol. The van der Waals surface area contributed by atoms with Gasteiger partial charge in [-0.15, -0.1) is 0 Å². The summed E-state index contributed by atoms with van der Waals surface area (Å²) in [4.78, 5) is 24.5. The molecule has 4 nitrogen and oxygen atoms in total. The van der Waals surface area contributed by atoms with Crippen LogP contribution in [0.5, 0.6) is 0 Å². The van der Waals surface area contributed by atoms with Crippen LogP contribution in [0.3, 0.4) is 0 Å². The molecule has 1 unspecified atom stereocenters. The number of hydrogen-bond acceptors (Lipinski definition) is 3. The number of quaternary nitrogens is 1. The molecule has 1 atom stereocenters. The summed E-state index contributed by atoms with van der Waals surface area (Å²) in [6.07, 6.45) is 1.14. The first-order valence-electron chi connectivity index (χ1n) is 8.22. The van der Waals surface area contributed by atoms with Gasteiger partial charge in [-0.1, -0.05) is 67.2 Å². The van der Waals surface area contributed by atoms with Gasteiger partial charge in [0.05, 0.1) is 14.1 Å². The third-order valence-electron chi connectivity index (χ3n) is 4.20. The van der Waals surface area contributed by atoms with Gasteiger partial charge in [0, 0.05) is 17.2 Å². The van der Waals surface area contributed by atoms with Crippen LogP contribution in [0.25, 0.3) is 0 Å². The number of carbonyl (C=O) groups is 2. The zero-order valence-corrected chi connectivity index (χ0v) is 16.7. The first-order chi connectivity index (χ1) is 12.0. The molecule has 2 aromatic rings. The zero-order valence-electron chi connectivity index (χ0n) is 15.1. The molecule has 0 bridgehead atoms. The van der Waals surface area contributed by atoms with Crippen LogP contribution in [0.15, 0.2) is 73.3 Å². The Bertz CT molecular complexity index is 729. The summed E-state index contributed by atoms with van der Waals surface area (Å²) in [5, 5.41) is 0. The molecule has 0 saturated carbocycles. The van der Waals surface area contributed by atoms with E-state index in [0.717, 1.165) is 11.6 Å². The largest absolute Gasteiger partial charge is 1.00 e. The molecule has 0 radical (unpaired) electrons. The molecule has 0 amide bonds. The Labute approximate surface area is 165 Å². The van der Waals surface area contributed by atoms with Crippen molar-refractivity contribution >= 4 is 11.8 Å². The molecule has 0 heterocycles. The summed E-state index contributed by atoms with van der Waals surface area (Å²) in [7, 11) is 3.94. The summed E-state index contributed by atoms with van der Waals surface area (Å²) < 4.78 is 5.49. The lowest BCUT2D eigenvalue weighted by Crippen LogP contribution is -3.00. The normalized spacial score (nSPS) is 11.8. The Hall–Kier alpha value is -2.24. The molecule has 2 rings (SSSR count). The number of hydrogen-bond donors (Lipinski definition) is 0. The maximum Gasteiger partial charge on any atom is 0.330 e. The van der Waals surface area contributed by atoms with E-state index >= 15 is 0 Å². The summed E-state index contributed by atoms with van der Waals surface area (Å²) in [6, 6.07) is 18.6. The van der Waals surface area contributed by atoms with E-state index in [4.69, 9.17) is 4.74 Å². The number of esters is 1. The van der Waals surface area contributed by atoms with Crippen LogP contribution in [-0.2, 0) is 9.53 Å². The second-order valence-electron chi connectivity index (χ2n) is 6.42. The second-order valence-corrected chi connectivity index (χ2v) is 6.42. The number of nitrogens with zero attached hydrogens (tertiary/aromatic N) is 1. The summed E-state index contributed by atoms with van der Waals surface area (Å²) in [5.74, 6) is -0.405. The molecule has 0 aromatic heterocycles. The lowest BCUT2D eigenvalue weighted by Gasteiger charge is -2.37. The Kier molecular flexibility index (Phi) is 8.42. The van der Waals surface area contributed by atoms with Crippen molar-refractivity contribution in [2.24, 2.45) is 0 Å². The van der Waals surface area contributed by atoms with Gasteiger partial charge in [0.1, 0.15) is 13.2 Å². The predicted octanol–water partition coefficient (Wildman–Crippen LogP) is 0.420. The van der Waals surface area contributed by atoms with Crippen molar-refractivity contribution in [3.05, 3.63) is 84.4 Å². The van der Waals surface area contributed by atoms with E-state index in [0.29, 0.717) is 16.6 Å². The number of rotatable bonds is 8. The molecule has 2 aromatic carbocycles. The van der Waals surface area contributed by atoms with E-state index in [9.17, 15) is 9.59 Å². The molecule has 0 aliphatic heterocycles. The lowest BCUT2D eigenvalue weighted by molar-refractivity contribution is -0.911. The fourth-order valence-corrected chi connectivity index (χ4v) is 2.84. The van der Waals surface area contributed by atoms with Gasteiger partial charge < -0.3 is 26.2 Å². The number of benzene rings is 2. The van der Waals surface area contributed by atoms with E-state index in [2.05, 4.69) is 6.58 Å². The minimum absolute atomic E-state index is 0. The van der Waals surface area contributed by atoms with Crippen LogP contribution in [0.4, 0.5) is 0 Å². The van der Waals surface area contributed by atoms with Gasteiger partial charge in [-0.05, 0) is 0 Å². The van der Waals surface area contributed by atoms with Gasteiger partial charge in [-0.3, -0.25) is 4.79 Å². The smallest absolute Gasteiger partial charge is 0.330 e. The van der Waals surface area contributed by atoms with Crippen molar-refractivity contribution in [3.8, 4) is 0 Å². The highest BCUT2D eigenvalue weighted by atomic mass is 79.9. The van der Waals surface area contributed by atoms with Gasteiger partial charge in [0.2, 0.25) is 5.78 Å². The number of halogens is 1. The zero-order chi connectivity index (χ0) is 18.3. The highest BCUT2D eigenvalue weighted by molar-refractivity contribution is 5.99. The predicted molar refractivity (Wildman–Crippen MR) is 98.1 cm³/mol. The van der Waals surface area contributed by atoms with E-state index < -0.39 is 5.97 Å². The minimum Gasteiger partial charge on any atom is -1.00 e. The standard InChI is InChI=1S/C21H24NO3.BrH/c1-4-19(23)25-16-15-22(2,3)20(17-11-7-5-8-12-17)21(24)18-13-9-6-10-14-18;/h4-14,20H,1,15-16H2,2-3H3;1H/q+1;/p-1. The van der Waals surface area contributed by atoms with Crippen LogP contribution in [0.2, 0.25) is 0 Å². The van der Waals surface area contributed by atoms with Crippen molar-refractivity contribution in [3.63, 3.8) is 0 Å². The Morgan fingerprint density at radius 1 is 1.04 bits per heavy atom. The molecular weight excluding hydrogens is 394 g/mol. The van der Waals surface area contributed by atoms with Gasteiger partial charge >= 0.3 is 5.97 Å². The molecule has 0 aliphatic rings. The van der Waals surface area contributed by atoms with E-state index in [1.54, 1.807) is 0 Å². The summed E-state index contributed by atoms with van der Waals surface area (Å²) >= 11 is 0. The first-order valence-corrected chi connectivity index (χ1v) is 8.22. The second kappa shape index (κ2) is 10.0. The molecule has 0 fully saturated rings. The van der Waals surface area contributed by atoms with E-state index in [1.165, 1.54) is 0 Å². The average Bonchev–Trinajstić information content (AvgIpc) is 2.63. The van der Waals surface area contributed by atoms with Crippen LogP contribution >= 0.6 is 0 Å². The van der Waals surface area contributed by atoms with Crippen LogP contribution < -0.4 is 17.0 Å². The molecule has 0 N–H and O–H groups in total. The fraction of sp³-hybridized carbons (Fsp3) is 0.238. The molecule has 26 heavy (non-hydrogen) atoms. The maximum absolute atomic E-state index is 13.2. The quantitative estimate of drug-likeness (QED) is 0.270. The number of likely N-dealkylation sites (N-methyl/N-ethyl adjacent to an activating group) is 1. The Balaban J connectivity index is 0.00000338. The van der Waals surface area contributed by atoms with Crippen molar-refractivity contribution in [1.29, 1.82) is 0 Å². The summed E-state index contributed by atoms with van der Waals surface area (Å²) in [6.45, 7) is 4.13. The third kappa shape index (κ3) is 5.64. The van der Waals surface area contributed by atoms with Crippen molar-refractivity contribution in [2.75, 3.05) is 27.2 Å². The van der Waals surface area contributed by atoms with Gasteiger partial charge in [0.15, 0.2) is 6.04 Å². The highest BCUT2D eigenvalue weighted by Gasteiger charge is 2.36. The van der Waals surface area contributed by atoms with E-state index in [1.807, 2.05) is 74.8 Å². The van der Waals surface area contributed by atoms with Gasteiger partial charge in [0.25, 0.3) is 0 Å². The van der Waals surface area contributed by atoms with Crippen molar-refractivity contribution in [1.82, 2.24) is 0 Å². The number of ketones is 1. The van der Waals surface area contributed by atoms with Gasteiger partial charge in [-0.25, -0.2) is 4.79 Å². The average molecular weight is 418 g/mol. The molecule has 5 heteroatoms. The molecule has 0 aliphatic carbocycles. The van der Waals surface area contributed by atoms with Crippen molar-refractivity contribution in [2.45, 2.75) is 6.04 Å². The number of carbonyl (C=O) groups excluding carboxylic acids is 2. The first kappa shape index (κ1) is 21.8. The Morgan fingerprint density at radius 3 is 2.12 bits per heavy atom. The SMILES string of the molecule is C=CC(=O)OCC[N+](C)(C)C(C(=O)c1ccccc1)c1ccccc1.[Br-]. The molecule has 0 spiro atoms.